The number of hydrogen-bond donors (Lipinski definition) is 0. The molecule has 0 spiro atoms. The number of ether oxygens (including phenoxy) is 3. The highest BCUT2D eigenvalue weighted by Gasteiger charge is 2.41. The molecule has 0 saturated heterocycles. The van der Waals surface area contributed by atoms with Gasteiger partial charge in [0.1, 0.15) is 0 Å². The van der Waals surface area contributed by atoms with Crippen LogP contribution in [0.1, 0.15) is 20.8 Å². The maximum absolute atomic E-state index is 11.7. The standard InChI is InChI=1S/C10H15NO6S/c1-4-15-7-8(10(12)17-6-3)18(13,14)11-9(7)16-5-2/h4-6H2,1-3H3. The van der Waals surface area contributed by atoms with Gasteiger partial charge >= 0.3 is 5.97 Å². The molecule has 8 heteroatoms. The van der Waals surface area contributed by atoms with Crippen molar-refractivity contribution >= 4 is 21.9 Å². The zero-order valence-electron chi connectivity index (χ0n) is 10.4. The predicted octanol–water partition coefficient (Wildman–Crippen LogP) is 0.576. The molecule has 1 rings (SSSR count). The zero-order chi connectivity index (χ0) is 13.8. The molecule has 1 heterocycles. The summed E-state index contributed by atoms with van der Waals surface area (Å²) in [7, 11) is -4.11. The molecule has 0 aromatic carbocycles. The second kappa shape index (κ2) is 5.85. The Morgan fingerprint density at radius 1 is 1.11 bits per heavy atom. The van der Waals surface area contributed by atoms with E-state index in [9.17, 15) is 13.2 Å². The van der Waals surface area contributed by atoms with Crippen LogP contribution < -0.4 is 0 Å². The third kappa shape index (κ3) is 2.81. The van der Waals surface area contributed by atoms with Crippen LogP contribution in [0, 0.1) is 0 Å². The van der Waals surface area contributed by atoms with Gasteiger partial charge < -0.3 is 14.2 Å². The normalized spacial score (nSPS) is 17.4. The molecule has 7 nitrogen and oxygen atoms in total. The third-order valence-electron chi connectivity index (χ3n) is 1.89. The van der Waals surface area contributed by atoms with Crippen molar-refractivity contribution in [2.24, 2.45) is 4.40 Å². The van der Waals surface area contributed by atoms with Gasteiger partial charge in [-0.15, -0.1) is 4.40 Å². The molecular formula is C10H15NO6S. The van der Waals surface area contributed by atoms with E-state index in [1.807, 2.05) is 0 Å². The van der Waals surface area contributed by atoms with Gasteiger partial charge in [0, 0.05) is 0 Å². The minimum atomic E-state index is -4.11. The van der Waals surface area contributed by atoms with Crippen molar-refractivity contribution in [3.8, 4) is 0 Å². The monoisotopic (exact) mass is 277 g/mol. The maximum atomic E-state index is 11.7. The highest BCUT2D eigenvalue weighted by atomic mass is 32.2. The molecule has 0 unspecified atom stereocenters. The van der Waals surface area contributed by atoms with Crippen LogP contribution in [0.2, 0.25) is 0 Å². The summed E-state index contributed by atoms with van der Waals surface area (Å²) in [5.74, 6) is -1.38. The lowest BCUT2D eigenvalue weighted by atomic mass is 10.4. The number of nitrogens with zero attached hydrogens (tertiary/aromatic N) is 1. The van der Waals surface area contributed by atoms with E-state index in [1.54, 1.807) is 20.8 Å². The highest BCUT2D eigenvalue weighted by molar-refractivity contribution is 7.95. The summed E-state index contributed by atoms with van der Waals surface area (Å²) < 4.78 is 41.7. The Kier molecular flexibility index (Phi) is 4.71. The lowest BCUT2D eigenvalue weighted by Crippen LogP contribution is -2.16. The molecule has 0 N–H and O–H groups in total. The first kappa shape index (κ1) is 14.5. The summed E-state index contributed by atoms with van der Waals surface area (Å²) in [6.45, 7) is 5.35. The van der Waals surface area contributed by atoms with Crippen molar-refractivity contribution in [1.29, 1.82) is 0 Å². The average molecular weight is 277 g/mol. The Balaban J connectivity index is 3.25. The van der Waals surface area contributed by atoms with Gasteiger partial charge in [-0.1, -0.05) is 0 Å². The average Bonchev–Trinajstić information content (AvgIpc) is 2.51. The van der Waals surface area contributed by atoms with E-state index in [4.69, 9.17) is 9.47 Å². The Labute approximate surface area is 105 Å². The van der Waals surface area contributed by atoms with Crippen LogP contribution in [0.5, 0.6) is 0 Å². The van der Waals surface area contributed by atoms with Gasteiger partial charge in [0.25, 0.3) is 15.9 Å². The van der Waals surface area contributed by atoms with Crippen LogP contribution in [0.3, 0.4) is 0 Å². The number of esters is 1. The second-order valence-corrected chi connectivity index (χ2v) is 4.66. The number of sulfonamides is 1. The molecular weight excluding hydrogens is 262 g/mol. The lowest BCUT2D eigenvalue weighted by molar-refractivity contribution is -0.137. The van der Waals surface area contributed by atoms with Crippen molar-refractivity contribution in [3.63, 3.8) is 0 Å². The number of carbonyl (C=O) groups excluding carboxylic acids is 1. The summed E-state index contributed by atoms with van der Waals surface area (Å²) in [6, 6.07) is 0. The first-order valence-corrected chi connectivity index (χ1v) is 6.94. The van der Waals surface area contributed by atoms with Gasteiger partial charge in [0.15, 0.2) is 0 Å². The highest BCUT2D eigenvalue weighted by Crippen LogP contribution is 2.26. The molecule has 1 aliphatic heterocycles. The van der Waals surface area contributed by atoms with E-state index in [0.717, 1.165) is 0 Å². The third-order valence-corrected chi connectivity index (χ3v) is 3.17. The van der Waals surface area contributed by atoms with Crippen LogP contribution >= 0.6 is 0 Å². The summed E-state index contributed by atoms with van der Waals surface area (Å²) in [5, 5.41) is 0. The lowest BCUT2D eigenvalue weighted by Gasteiger charge is -2.08. The first-order chi connectivity index (χ1) is 8.47. The Hall–Kier alpha value is -1.57. The smallest absolute Gasteiger partial charge is 0.355 e. The first-order valence-electron chi connectivity index (χ1n) is 5.50. The van der Waals surface area contributed by atoms with Gasteiger partial charge in [-0.3, -0.25) is 0 Å². The molecule has 0 aromatic rings. The second-order valence-electron chi connectivity index (χ2n) is 3.12. The van der Waals surface area contributed by atoms with E-state index in [1.165, 1.54) is 0 Å². The number of hydrogen-bond acceptors (Lipinski definition) is 6. The molecule has 0 radical (unpaired) electrons. The SMILES string of the molecule is CCOC(=O)C1=C(OCC)C(OCC)=NS1(=O)=O. The molecule has 0 aliphatic carbocycles. The van der Waals surface area contributed by atoms with E-state index in [0.29, 0.717) is 0 Å². The van der Waals surface area contributed by atoms with Crippen molar-refractivity contribution in [2.75, 3.05) is 19.8 Å². The van der Waals surface area contributed by atoms with Crippen LogP contribution in [-0.4, -0.2) is 40.1 Å². The minimum Gasteiger partial charge on any atom is -0.487 e. The van der Waals surface area contributed by atoms with Crippen molar-refractivity contribution < 1.29 is 27.4 Å². The molecule has 1 aliphatic rings. The fraction of sp³-hybridized carbons (Fsp3) is 0.600. The van der Waals surface area contributed by atoms with Gasteiger partial charge in [-0.25, -0.2) is 4.79 Å². The van der Waals surface area contributed by atoms with E-state index in [-0.39, 0.29) is 31.5 Å². The van der Waals surface area contributed by atoms with E-state index in [2.05, 4.69) is 9.13 Å². The maximum Gasteiger partial charge on any atom is 0.355 e. The molecule has 0 saturated carbocycles. The molecule has 0 atom stereocenters. The van der Waals surface area contributed by atoms with Gasteiger partial charge in [-0.05, 0) is 20.8 Å². The van der Waals surface area contributed by atoms with E-state index < -0.39 is 20.9 Å². The topological polar surface area (TPSA) is 91.3 Å². The molecule has 0 amide bonds. The van der Waals surface area contributed by atoms with Crippen LogP contribution in [0.4, 0.5) is 0 Å². The van der Waals surface area contributed by atoms with Gasteiger partial charge in [0.2, 0.25) is 10.7 Å². The largest absolute Gasteiger partial charge is 0.487 e. The Bertz CT molecular complexity index is 490. The molecule has 0 bridgehead atoms. The molecule has 0 fully saturated rings. The van der Waals surface area contributed by atoms with Crippen LogP contribution in [0.25, 0.3) is 0 Å². The molecule has 18 heavy (non-hydrogen) atoms. The summed E-state index contributed by atoms with van der Waals surface area (Å²) in [4.78, 5) is 11.0. The fourth-order valence-electron chi connectivity index (χ4n) is 1.31. The van der Waals surface area contributed by atoms with Crippen molar-refractivity contribution in [1.82, 2.24) is 0 Å². The van der Waals surface area contributed by atoms with Crippen molar-refractivity contribution in [3.05, 3.63) is 10.7 Å². The summed E-state index contributed by atoms with van der Waals surface area (Å²) in [6.07, 6.45) is 0. The van der Waals surface area contributed by atoms with Crippen molar-refractivity contribution in [2.45, 2.75) is 20.8 Å². The van der Waals surface area contributed by atoms with Crippen LogP contribution in [-0.2, 0) is 29.0 Å². The van der Waals surface area contributed by atoms with E-state index >= 15 is 0 Å². The quantitative estimate of drug-likeness (QED) is 0.682. The van der Waals surface area contributed by atoms with Crippen LogP contribution in [0.15, 0.2) is 15.1 Å². The number of rotatable bonds is 5. The fourth-order valence-corrected chi connectivity index (χ4v) is 2.40. The summed E-state index contributed by atoms with van der Waals surface area (Å²) in [5.41, 5.74) is 0. The molecule has 102 valence electrons. The predicted molar refractivity (Wildman–Crippen MR) is 63.3 cm³/mol. The Morgan fingerprint density at radius 3 is 2.22 bits per heavy atom. The summed E-state index contributed by atoms with van der Waals surface area (Å²) >= 11 is 0. The van der Waals surface area contributed by atoms with Gasteiger partial charge in [0.05, 0.1) is 19.8 Å². The zero-order valence-corrected chi connectivity index (χ0v) is 11.2. The number of carbonyl (C=O) groups is 1. The van der Waals surface area contributed by atoms with Gasteiger partial charge in [-0.2, -0.15) is 8.42 Å². The Morgan fingerprint density at radius 2 is 1.72 bits per heavy atom. The molecule has 0 aromatic heterocycles. The minimum absolute atomic E-state index is 0.0568.